The van der Waals surface area contributed by atoms with E-state index in [-0.39, 0.29) is 6.04 Å². The second-order valence-corrected chi connectivity index (χ2v) is 5.28. The van der Waals surface area contributed by atoms with Crippen LogP contribution in [0.5, 0.6) is 0 Å². The summed E-state index contributed by atoms with van der Waals surface area (Å²) in [4.78, 5) is 8.72. The Morgan fingerprint density at radius 1 is 1.05 bits per heavy atom. The van der Waals surface area contributed by atoms with Crippen molar-refractivity contribution in [3.63, 3.8) is 0 Å². The second kappa shape index (κ2) is 5.66. The van der Waals surface area contributed by atoms with Gasteiger partial charge in [0.25, 0.3) is 0 Å². The van der Waals surface area contributed by atoms with Crippen molar-refractivity contribution < 1.29 is 0 Å². The van der Waals surface area contributed by atoms with Crippen molar-refractivity contribution in [2.45, 2.75) is 6.04 Å². The molecule has 0 bridgehead atoms. The number of hydrogen-bond acceptors (Lipinski definition) is 4. The lowest BCUT2D eigenvalue weighted by molar-refractivity contribution is 0.618. The van der Waals surface area contributed by atoms with E-state index in [1.54, 1.807) is 12.4 Å². The minimum absolute atomic E-state index is 0.171. The summed E-state index contributed by atoms with van der Waals surface area (Å²) in [5.41, 5.74) is 5.70. The Morgan fingerprint density at radius 3 is 2.65 bits per heavy atom. The van der Waals surface area contributed by atoms with Crippen LogP contribution in [0, 0.1) is 0 Å². The zero-order valence-corrected chi connectivity index (χ0v) is 12.2. The second-order valence-electron chi connectivity index (χ2n) is 4.43. The molecule has 0 spiro atoms. The molecular formula is C15H13BrN4. The smallest absolute Gasteiger partial charge is 0.0893 e. The van der Waals surface area contributed by atoms with Crippen LogP contribution >= 0.6 is 15.9 Å². The van der Waals surface area contributed by atoms with Crippen molar-refractivity contribution in [1.82, 2.24) is 15.4 Å². The number of pyridine rings is 2. The summed E-state index contributed by atoms with van der Waals surface area (Å²) in [6.45, 7) is 0. The predicted molar refractivity (Wildman–Crippen MR) is 82.8 cm³/mol. The quantitative estimate of drug-likeness (QED) is 0.573. The molecule has 1 aromatic carbocycles. The maximum absolute atomic E-state index is 5.72. The minimum Gasteiger partial charge on any atom is -0.271 e. The van der Waals surface area contributed by atoms with E-state index in [2.05, 4.69) is 37.4 Å². The lowest BCUT2D eigenvalue weighted by atomic mass is 10.0. The van der Waals surface area contributed by atoms with Crippen LogP contribution in [-0.4, -0.2) is 9.97 Å². The van der Waals surface area contributed by atoms with Gasteiger partial charge in [-0.15, -0.1) is 0 Å². The maximum atomic E-state index is 5.72. The van der Waals surface area contributed by atoms with Crippen molar-refractivity contribution in [2.24, 2.45) is 5.84 Å². The lowest BCUT2D eigenvalue weighted by Gasteiger charge is -2.17. The van der Waals surface area contributed by atoms with Crippen molar-refractivity contribution >= 4 is 26.8 Å². The van der Waals surface area contributed by atoms with E-state index in [4.69, 9.17) is 5.84 Å². The third kappa shape index (κ3) is 2.43. The van der Waals surface area contributed by atoms with E-state index in [1.165, 1.54) is 0 Å². The maximum Gasteiger partial charge on any atom is 0.0893 e. The average Bonchev–Trinajstić information content (AvgIpc) is 2.50. The predicted octanol–water partition coefficient (Wildman–Crippen LogP) is 2.95. The molecule has 0 saturated heterocycles. The van der Waals surface area contributed by atoms with Gasteiger partial charge >= 0.3 is 0 Å². The molecule has 2 aromatic heterocycles. The summed E-state index contributed by atoms with van der Waals surface area (Å²) >= 11 is 3.51. The number of aromatic nitrogens is 2. The van der Waals surface area contributed by atoms with Crippen LogP contribution in [0.4, 0.5) is 0 Å². The number of hydrazine groups is 1. The topological polar surface area (TPSA) is 63.8 Å². The number of benzene rings is 1. The van der Waals surface area contributed by atoms with Crippen LogP contribution in [0.2, 0.25) is 0 Å². The van der Waals surface area contributed by atoms with Gasteiger partial charge < -0.3 is 0 Å². The number of nitrogens with two attached hydrogens (primary N) is 1. The molecule has 2 heterocycles. The molecule has 0 aliphatic rings. The zero-order chi connectivity index (χ0) is 13.9. The first-order valence-electron chi connectivity index (χ1n) is 6.21. The number of nitrogens with one attached hydrogen (secondary N) is 1. The molecule has 100 valence electrons. The summed E-state index contributed by atoms with van der Waals surface area (Å²) < 4.78 is 0.925. The number of rotatable bonds is 3. The van der Waals surface area contributed by atoms with E-state index < -0.39 is 0 Å². The Hall–Kier alpha value is -1.82. The van der Waals surface area contributed by atoms with E-state index >= 15 is 0 Å². The molecule has 5 heteroatoms. The third-order valence-corrected chi connectivity index (χ3v) is 3.86. The summed E-state index contributed by atoms with van der Waals surface area (Å²) in [6, 6.07) is 13.7. The molecule has 1 unspecified atom stereocenters. The Labute approximate surface area is 125 Å². The Balaban J connectivity index is 2.10. The molecular weight excluding hydrogens is 316 g/mol. The zero-order valence-electron chi connectivity index (χ0n) is 10.6. The van der Waals surface area contributed by atoms with Gasteiger partial charge in [0, 0.05) is 22.3 Å². The van der Waals surface area contributed by atoms with Gasteiger partial charge in [0.15, 0.2) is 0 Å². The molecule has 0 fully saturated rings. The molecule has 0 radical (unpaired) electrons. The van der Waals surface area contributed by atoms with E-state index in [0.717, 1.165) is 26.6 Å². The minimum atomic E-state index is -0.171. The fraction of sp³-hybridized carbons (Fsp3) is 0.0667. The van der Waals surface area contributed by atoms with Crippen LogP contribution in [0.3, 0.4) is 0 Å². The molecule has 3 aromatic rings. The number of halogens is 1. The van der Waals surface area contributed by atoms with Crippen LogP contribution in [-0.2, 0) is 0 Å². The molecule has 3 N–H and O–H groups in total. The number of fused-ring (bicyclic) bond motifs is 1. The standard InChI is InChI=1S/C15H13BrN4/c16-12-4-2-8-19-15(12)14(20-17)11-5-6-13-10(9-11)3-1-7-18-13/h1-9,14,20H,17H2. The Kier molecular flexibility index (Phi) is 3.73. The normalized spacial score (nSPS) is 12.5. The van der Waals surface area contributed by atoms with Gasteiger partial charge in [0.2, 0.25) is 0 Å². The molecule has 0 amide bonds. The summed E-state index contributed by atoms with van der Waals surface area (Å²) in [6.07, 6.45) is 3.54. The largest absolute Gasteiger partial charge is 0.271 e. The Bertz CT molecular complexity index is 745. The highest BCUT2D eigenvalue weighted by Gasteiger charge is 2.16. The Morgan fingerprint density at radius 2 is 1.85 bits per heavy atom. The highest BCUT2D eigenvalue weighted by Crippen LogP contribution is 2.27. The molecule has 0 saturated carbocycles. The van der Waals surface area contributed by atoms with Crippen LogP contribution < -0.4 is 11.3 Å². The molecule has 0 aliphatic carbocycles. The van der Waals surface area contributed by atoms with Gasteiger partial charge in [0.05, 0.1) is 17.3 Å². The molecule has 4 nitrogen and oxygen atoms in total. The summed E-state index contributed by atoms with van der Waals surface area (Å²) in [7, 11) is 0. The van der Waals surface area contributed by atoms with Crippen molar-refractivity contribution in [2.75, 3.05) is 0 Å². The summed E-state index contributed by atoms with van der Waals surface area (Å²) in [5.74, 6) is 5.72. The highest BCUT2D eigenvalue weighted by molar-refractivity contribution is 9.10. The first-order valence-corrected chi connectivity index (χ1v) is 7.00. The highest BCUT2D eigenvalue weighted by atomic mass is 79.9. The monoisotopic (exact) mass is 328 g/mol. The first kappa shape index (κ1) is 13.2. The lowest BCUT2D eigenvalue weighted by Crippen LogP contribution is -2.29. The summed E-state index contributed by atoms with van der Waals surface area (Å²) in [5, 5.41) is 1.08. The van der Waals surface area contributed by atoms with E-state index in [1.807, 2.05) is 36.4 Å². The van der Waals surface area contributed by atoms with Gasteiger partial charge in [-0.05, 0) is 51.8 Å². The van der Waals surface area contributed by atoms with Crippen molar-refractivity contribution in [1.29, 1.82) is 0 Å². The van der Waals surface area contributed by atoms with Gasteiger partial charge in [0.1, 0.15) is 0 Å². The third-order valence-electron chi connectivity index (χ3n) is 3.19. The fourth-order valence-corrected chi connectivity index (χ4v) is 2.70. The van der Waals surface area contributed by atoms with E-state index in [9.17, 15) is 0 Å². The molecule has 20 heavy (non-hydrogen) atoms. The van der Waals surface area contributed by atoms with Gasteiger partial charge in [-0.2, -0.15) is 0 Å². The van der Waals surface area contributed by atoms with Crippen LogP contribution in [0.1, 0.15) is 17.3 Å². The SMILES string of the molecule is NNC(c1ccc2ncccc2c1)c1ncccc1Br. The van der Waals surface area contributed by atoms with E-state index in [0.29, 0.717) is 0 Å². The average molecular weight is 329 g/mol. The molecule has 0 aliphatic heterocycles. The van der Waals surface area contributed by atoms with Crippen LogP contribution in [0.15, 0.2) is 59.3 Å². The van der Waals surface area contributed by atoms with Gasteiger partial charge in [-0.25, -0.2) is 5.43 Å². The van der Waals surface area contributed by atoms with Gasteiger partial charge in [-0.1, -0.05) is 12.1 Å². The molecule has 3 rings (SSSR count). The van der Waals surface area contributed by atoms with Crippen molar-refractivity contribution in [3.8, 4) is 0 Å². The first-order chi connectivity index (χ1) is 9.79. The fourth-order valence-electron chi connectivity index (χ4n) is 2.22. The molecule has 1 atom stereocenters. The number of nitrogens with zero attached hydrogens (tertiary/aromatic N) is 2. The van der Waals surface area contributed by atoms with Gasteiger partial charge in [-0.3, -0.25) is 15.8 Å². The van der Waals surface area contributed by atoms with Crippen LogP contribution in [0.25, 0.3) is 10.9 Å². The van der Waals surface area contributed by atoms with Crippen molar-refractivity contribution in [3.05, 3.63) is 70.6 Å². The number of hydrogen-bond donors (Lipinski definition) is 2.